The van der Waals surface area contributed by atoms with Crippen molar-refractivity contribution >= 4 is 17.4 Å². The zero-order chi connectivity index (χ0) is 26.9. The van der Waals surface area contributed by atoms with Gasteiger partial charge in [-0.15, -0.1) is 0 Å². The highest BCUT2D eigenvalue weighted by Gasteiger charge is 2.48. The van der Waals surface area contributed by atoms with Crippen LogP contribution in [0.4, 0.5) is 24.7 Å². The van der Waals surface area contributed by atoms with Crippen molar-refractivity contribution in [2.75, 3.05) is 31.7 Å². The third-order valence-electron chi connectivity index (χ3n) is 5.34. The van der Waals surface area contributed by atoms with Gasteiger partial charge in [0, 0.05) is 13.5 Å². The minimum Gasteiger partial charge on any atom is -0.491 e. The minimum atomic E-state index is -5.33. The Kier molecular flexibility index (Phi) is 6.24. The van der Waals surface area contributed by atoms with E-state index in [1.807, 2.05) is 0 Å². The molecule has 4 rings (SSSR count). The van der Waals surface area contributed by atoms with Crippen LogP contribution in [0.2, 0.25) is 0 Å². The maximum Gasteiger partial charge on any atom is 0.472 e. The number of aromatic nitrogens is 2. The van der Waals surface area contributed by atoms with Gasteiger partial charge in [0.15, 0.2) is 17.3 Å². The number of carbonyl (C=O) groups is 1. The van der Waals surface area contributed by atoms with Gasteiger partial charge in [0.25, 0.3) is 0 Å². The van der Waals surface area contributed by atoms with E-state index in [4.69, 9.17) is 27.4 Å². The van der Waals surface area contributed by atoms with Crippen molar-refractivity contribution < 1.29 is 44.8 Å². The second-order valence-electron chi connectivity index (χ2n) is 7.72. The van der Waals surface area contributed by atoms with Crippen molar-refractivity contribution in [3.8, 4) is 17.2 Å². The van der Waals surface area contributed by atoms with E-state index in [9.17, 15) is 27.9 Å². The predicted molar refractivity (Wildman–Crippen MR) is 114 cm³/mol. The minimum absolute atomic E-state index is 0.0519. The van der Waals surface area contributed by atoms with Gasteiger partial charge in [-0.2, -0.15) is 18.2 Å². The Bertz CT molecular complexity index is 1210. The predicted octanol–water partition coefficient (Wildman–Crippen LogP) is 1.60. The fourth-order valence-electron chi connectivity index (χ4n) is 3.75. The normalized spacial score (nSPS) is 23.0. The summed E-state index contributed by atoms with van der Waals surface area (Å²) in [5.41, 5.74) is 3.99. The number of nitrogens with zero attached hydrogens (tertiary/aromatic N) is 3. The molecule has 1 amide bonds. The molecule has 3 heterocycles. The van der Waals surface area contributed by atoms with Crippen molar-refractivity contribution in [1.82, 2.24) is 9.55 Å². The van der Waals surface area contributed by atoms with E-state index in [2.05, 4.69) is 4.98 Å². The topological polar surface area (TPSA) is 138 Å². The summed E-state index contributed by atoms with van der Waals surface area (Å²) < 4.78 is 77.6. The highest BCUT2D eigenvalue weighted by Crippen LogP contribution is 2.51. The second kappa shape index (κ2) is 9.81. The molecule has 2 aromatic rings. The number of methoxy groups -OCH3 is 1. The lowest BCUT2D eigenvalue weighted by Crippen LogP contribution is -2.41. The number of hydrogen-bond acceptors (Lipinski definition) is 9. The van der Waals surface area contributed by atoms with Crippen molar-refractivity contribution in [2.45, 2.75) is 37.5 Å². The highest BCUT2D eigenvalue weighted by molar-refractivity contribution is 6.07. The van der Waals surface area contributed by atoms with Gasteiger partial charge in [0.05, 0.1) is 28.3 Å². The average molecular weight is 503 g/mol. The molecule has 35 heavy (non-hydrogen) atoms. The zero-order valence-electron chi connectivity index (χ0n) is 20.1. The number of hydrogen-bond donors (Lipinski definition) is 2. The Morgan fingerprint density at radius 1 is 1.46 bits per heavy atom. The lowest BCUT2D eigenvalue weighted by molar-refractivity contribution is -0.169. The third-order valence-corrected chi connectivity index (χ3v) is 5.34. The Hall–Kier alpha value is -3.20. The van der Waals surface area contributed by atoms with Crippen LogP contribution < -0.4 is 25.8 Å². The van der Waals surface area contributed by atoms with E-state index >= 15 is 0 Å². The number of fused-ring (bicyclic) bond motifs is 2. The number of para-hydroxylation sites is 1. The van der Waals surface area contributed by atoms with E-state index in [-0.39, 0.29) is 54.0 Å². The van der Waals surface area contributed by atoms with Gasteiger partial charge in [-0.25, -0.2) is 9.69 Å². The first-order valence-electron chi connectivity index (χ1n) is 11.6. The summed E-state index contributed by atoms with van der Waals surface area (Å²) >= 11 is 0. The molecule has 0 spiro atoms. The molecule has 0 aliphatic carbocycles. The number of amides is 1. The summed E-state index contributed by atoms with van der Waals surface area (Å²) in [4.78, 5) is 29.3. The van der Waals surface area contributed by atoms with Gasteiger partial charge in [0.2, 0.25) is 0 Å². The van der Waals surface area contributed by atoms with Crippen molar-refractivity contribution in [3.63, 3.8) is 0 Å². The first-order chi connectivity index (χ1) is 17.5. The quantitative estimate of drug-likeness (QED) is 0.540. The van der Waals surface area contributed by atoms with Crippen LogP contribution in [-0.4, -0.2) is 65.8 Å². The zero-order valence-corrected chi connectivity index (χ0v) is 18.1. The maximum absolute atomic E-state index is 13.6. The van der Waals surface area contributed by atoms with Crippen LogP contribution in [0.15, 0.2) is 29.2 Å². The van der Waals surface area contributed by atoms with Gasteiger partial charge in [0.1, 0.15) is 23.8 Å². The summed E-state index contributed by atoms with van der Waals surface area (Å²) in [5, 5.41) is 10.2. The smallest absolute Gasteiger partial charge is 0.472 e. The Balaban J connectivity index is 1.73. The fourth-order valence-corrected chi connectivity index (χ4v) is 3.75. The van der Waals surface area contributed by atoms with Crippen LogP contribution in [-0.2, 0) is 14.3 Å². The largest absolute Gasteiger partial charge is 0.491 e. The van der Waals surface area contributed by atoms with Crippen LogP contribution in [0, 0.1) is 0 Å². The molecule has 0 radical (unpaired) electrons. The van der Waals surface area contributed by atoms with Crippen molar-refractivity contribution in [1.29, 1.82) is 0 Å². The van der Waals surface area contributed by atoms with Gasteiger partial charge < -0.3 is 29.8 Å². The lowest BCUT2D eigenvalue weighted by Gasteiger charge is -2.32. The average Bonchev–Trinajstić information content (AvgIpc) is 3.20. The summed E-state index contributed by atoms with van der Waals surface area (Å²) in [6.45, 7) is 0.0157. The number of benzene rings is 1. The van der Waals surface area contributed by atoms with Gasteiger partial charge in [-0.05, 0) is 25.1 Å². The standard InChI is InChI=1S/C21H23F3N4O7/c1-32-10-15-11(29)8-16(35-15)27-9-14-18(26-20(27)31)28(19(30)21(22,23)24)17-12(33-7-3-6-25)4-2-5-13(17)34-14/h2,4-5,9,11,15-16,29H,3,6-8,10,25H2,1H3/t11-,15-,16-/m1/s1/i1TD/t1?,11-,15-,16-. The van der Waals surface area contributed by atoms with E-state index in [1.165, 1.54) is 18.2 Å². The molecule has 4 atom stereocenters. The van der Waals surface area contributed by atoms with E-state index in [0.29, 0.717) is 6.42 Å². The summed E-state index contributed by atoms with van der Waals surface area (Å²) in [5.74, 6) is -3.62. The van der Waals surface area contributed by atoms with Crippen LogP contribution in [0.1, 0.15) is 21.8 Å². The molecule has 11 nitrogen and oxygen atoms in total. The number of carbonyl (C=O) groups excluding carboxylic acids is 1. The molecule has 1 fully saturated rings. The van der Waals surface area contributed by atoms with Crippen LogP contribution in [0.25, 0.3) is 0 Å². The molecule has 1 saturated heterocycles. The van der Waals surface area contributed by atoms with Crippen LogP contribution in [0.5, 0.6) is 17.2 Å². The Labute approximate surface area is 199 Å². The molecule has 1 unspecified atom stereocenters. The SMILES string of the molecule is [2H]C([3H])OC[C@H]1O[C@@H](n2cc3c(nc2=O)N(C(=O)C(F)(F)F)c2c(OCCCN)cccc2O3)C[C@H]1O. The Morgan fingerprint density at radius 2 is 2.26 bits per heavy atom. The first-order valence-corrected chi connectivity index (χ1v) is 10.5. The van der Waals surface area contributed by atoms with Crippen LogP contribution >= 0.6 is 0 Å². The number of halogens is 3. The number of aliphatic hydroxyl groups excluding tert-OH is 1. The number of rotatable bonds is 7. The van der Waals surface area contributed by atoms with Gasteiger partial charge >= 0.3 is 17.8 Å². The third kappa shape index (κ3) is 4.82. The van der Waals surface area contributed by atoms with Gasteiger partial charge in [-0.3, -0.25) is 9.36 Å². The number of anilines is 2. The molecular formula is C21H23F3N4O7. The lowest BCUT2D eigenvalue weighted by atomic mass is 10.2. The van der Waals surface area contributed by atoms with E-state index < -0.39 is 49.1 Å². The van der Waals surface area contributed by atoms with E-state index in [1.54, 1.807) is 0 Å². The highest BCUT2D eigenvalue weighted by atomic mass is 19.4. The molecule has 2 aliphatic heterocycles. The maximum atomic E-state index is 13.6. The molecule has 2 aliphatic rings. The number of nitrogens with two attached hydrogens (primary N) is 1. The fraction of sp³-hybridized carbons (Fsp3) is 0.476. The van der Waals surface area contributed by atoms with Crippen molar-refractivity contribution in [3.05, 3.63) is 34.9 Å². The number of ether oxygens (including phenoxy) is 4. The molecule has 0 bridgehead atoms. The summed E-state index contributed by atoms with van der Waals surface area (Å²) in [6, 6.07) is 4.12. The number of aliphatic hydroxyl groups is 1. The van der Waals surface area contributed by atoms with E-state index in [0.717, 1.165) is 10.8 Å². The Morgan fingerprint density at radius 3 is 2.97 bits per heavy atom. The molecular weight excluding hydrogens is 477 g/mol. The molecule has 190 valence electrons. The monoisotopic (exact) mass is 503 g/mol. The van der Waals surface area contributed by atoms with Crippen molar-refractivity contribution in [2.24, 2.45) is 5.73 Å². The first kappa shape index (κ1) is 22.3. The molecule has 3 N–H and O–H groups in total. The number of alkyl halides is 3. The summed E-state index contributed by atoms with van der Waals surface area (Å²) in [6.07, 6.45) is -7.21. The second-order valence-corrected chi connectivity index (χ2v) is 7.72. The molecule has 1 aromatic heterocycles. The molecule has 0 saturated carbocycles. The van der Waals surface area contributed by atoms with Gasteiger partial charge in [-0.1, -0.05) is 6.07 Å². The summed E-state index contributed by atoms with van der Waals surface area (Å²) in [7, 11) is -1.61. The molecule has 1 aromatic carbocycles. The molecule has 14 heteroatoms. The van der Waals surface area contributed by atoms with Crippen LogP contribution in [0.3, 0.4) is 0 Å².